The number of carbonyl (C=O) groups excluding carboxylic acids is 2. The zero-order valence-electron chi connectivity index (χ0n) is 13.4. The van der Waals surface area contributed by atoms with E-state index in [0.717, 1.165) is 6.07 Å². The lowest BCUT2D eigenvalue weighted by atomic mass is 10.1. The second-order valence-electron chi connectivity index (χ2n) is 5.69. The number of aliphatic carboxylic acids is 1. The number of carboxylic acid groups (broad SMARTS) is 1. The first-order chi connectivity index (χ1) is 11.6. The molecule has 2 N–H and O–H groups in total. The molecule has 1 aliphatic heterocycles. The standard InChI is InChI=1S/C16H17F3N2O4/c1-2-12(15(24)25)20-14(23)9-6-10(16(17,18)19)8-11(7-9)21-5-3-4-13(21)22/h6-8,12H,2-5H2,1H3,(H,20,23)(H,24,25). The van der Waals surface area contributed by atoms with Crippen LogP contribution < -0.4 is 10.2 Å². The zero-order valence-corrected chi connectivity index (χ0v) is 13.4. The van der Waals surface area contributed by atoms with Crippen LogP contribution >= 0.6 is 0 Å². The average molecular weight is 358 g/mol. The summed E-state index contributed by atoms with van der Waals surface area (Å²) in [5.41, 5.74) is -1.44. The van der Waals surface area contributed by atoms with Gasteiger partial charge in [0, 0.05) is 24.2 Å². The number of anilines is 1. The first kappa shape index (κ1) is 18.8. The van der Waals surface area contributed by atoms with Crippen LogP contribution in [0.3, 0.4) is 0 Å². The minimum atomic E-state index is -4.70. The van der Waals surface area contributed by atoms with E-state index in [9.17, 15) is 27.6 Å². The molecule has 1 aromatic rings. The number of rotatable bonds is 5. The first-order valence-electron chi connectivity index (χ1n) is 7.69. The first-order valence-corrected chi connectivity index (χ1v) is 7.69. The smallest absolute Gasteiger partial charge is 0.416 e. The fraction of sp³-hybridized carbons (Fsp3) is 0.438. The van der Waals surface area contributed by atoms with Crippen LogP contribution in [0.4, 0.5) is 18.9 Å². The highest BCUT2D eigenvalue weighted by Gasteiger charge is 2.34. The molecule has 0 bridgehead atoms. The van der Waals surface area contributed by atoms with E-state index < -0.39 is 29.7 Å². The van der Waals surface area contributed by atoms with Crippen molar-refractivity contribution in [1.29, 1.82) is 0 Å². The van der Waals surface area contributed by atoms with E-state index in [2.05, 4.69) is 5.32 Å². The van der Waals surface area contributed by atoms with E-state index in [0.29, 0.717) is 12.5 Å². The molecule has 0 saturated carbocycles. The van der Waals surface area contributed by atoms with Gasteiger partial charge in [0.2, 0.25) is 5.91 Å². The van der Waals surface area contributed by atoms with Gasteiger partial charge in [-0.2, -0.15) is 13.2 Å². The highest BCUT2D eigenvalue weighted by atomic mass is 19.4. The molecule has 0 radical (unpaired) electrons. The van der Waals surface area contributed by atoms with Gasteiger partial charge >= 0.3 is 12.1 Å². The molecular weight excluding hydrogens is 341 g/mol. The molecule has 1 aliphatic rings. The molecule has 6 nitrogen and oxygen atoms in total. The molecular formula is C16H17F3N2O4. The summed E-state index contributed by atoms with van der Waals surface area (Å²) in [4.78, 5) is 36.2. The molecule has 2 rings (SSSR count). The monoisotopic (exact) mass is 358 g/mol. The van der Waals surface area contributed by atoms with Gasteiger partial charge in [0.1, 0.15) is 6.04 Å². The Labute approximate surface area is 141 Å². The Morgan fingerprint density at radius 2 is 2.00 bits per heavy atom. The van der Waals surface area contributed by atoms with Crippen molar-refractivity contribution in [3.63, 3.8) is 0 Å². The third kappa shape index (κ3) is 4.28. The predicted octanol–water partition coefficient (Wildman–Crippen LogP) is 2.43. The second kappa shape index (κ2) is 7.12. The molecule has 1 aromatic carbocycles. The topological polar surface area (TPSA) is 86.7 Å². The highest BCUT2D eigenvalue weighted by molar-refractivity contribution is 6.00. The van der Waals surface area contributed by atoms with E-state index in [4.69, 9.17) is 5.11 Å². The van der Waals surface area contributed by atoms with Crippen molar-refractivity contribution in [2.24, 2.45) is 0 Å². The molecule has 0 aliphatic carbocycles. The SMILES string of the molecule is CCC(NC(=O)c1cc(N2CCCC2=O)cc(C(F)(F)F)c1)C(=O)O. The summed E-state index contributed by atoms with van der Waals surface area (Å²) in [5, 5.41) is 11.1. The Hall–Kier alpha value is -2.58. The van der Waals surface area contributed by atoms with E-state index in [1.807, 2.05) is 0 Å². The number of benzene rings is 1. The van der Waals surface area contributed by atoms with Gasteiger partial charge in [-0.3, -0.25) is 9.59 Å². The normalized spacial score (nSPS) is 16.0. The molecule has 1 atom stereocenters. The lowest BCUT2D eigenvalue weighted by molar-refractivity contribution is -0.139. The molecule has 9 heteroatoms. The Bertz CT molecular complexity index is 703. The van der Waals surface area contributed by atoms with E-state index >= 15 is 0 Å². The Kier molecular flexibility index (Phi) is 5.34. The summed E-state index contributed by atoms with van der Waals surface area (Å²) in [6.07, 6.45) is -3.87. The van der Waals surface area contributed by atoms with Crippen molar-refractivity contribution in [3.05, 3.63) is 29.3 Å². The number of amides is 2. The van der Waals surface area contributed by atoms with Crippen molar-refractivity contribution < 1.29 is 32.7 Å². The van der Waals surface area contributed by atoms with Gasteiger partial charge in [-0.1, -0.05) is 6.92 Å². The number of halogens is 3. The molecule has 2 amide bonds. The van der Waals surface area contributed by atoms with Gasteiger partial charge < -0.3 is 15.3 Å². The van der Waals surface area contributed by atoms with Crippen LogP contribution in [0, 0.1) is 0 Å². The fourth-order valence-corrected chi connectivity index (χ4v) is 2.56. The van der Waals surface area contributed by atoms with Gasteiger partial charge in [0.15, 0.2) is 0 Å². The maximum Gasteiger partial charge on any atom is 0.416 e. The Morgan fingerprint density at radius 3 is 2.48 bits per heavy atom. The van der Waals surface area contributed by atoms with Crippen LogP contribution in [0.2, 0.25) is 0 Å². The minimum absolute atomic E-state index is 0.0224. The van der Waals surface area contributed by atoms with E-state index in [1.54, 1.807) is 0 Å². The van der Waals surface area contributed by atoms with Crippen molar-refractivity contribution in [3.8, 4) is 0 Å². The Morgan fingerprint density at radius 1 is 1.32 bits per heavy atom. The van der Waals surface area contributed by atoms with Crippen LogP contribution in [0.1, 0.15) is 42.1 Å². The fourth-order valence-electron chi connectivity index (χ4n) is 2.56. The van der Waals surface area contributed by atoms with Gasteiger partial charge in [0.25, 0.3) is 5.91 Å². The summed E-state index contributed by atoms with van der Waals surface area (Å²) in [5.74, 6) is -2.53. The van der Waals surface area contributed by atoms with E-state index in [1.165, 1.54) is 17.9 Å². The molecule has 136 valence electrons. The van der Waals surface area contributed by atoms with Crippen molar-refractivity contribution in [2.45, 2.75) is 38.4 Å². The number of nitrogens with zero attached hydrogens (tertiary/aromatic N) is 1. The van der Waals surface area contributed by atoms with Gasteiger partial charge in [-0.15, -0.1) is 0 Å². The summed E-state index contributed by atoms with van der Waals surface area (Å²) < 4.78 is 39.4. The number of carboxylic acids is 1. The molecule has 1 unspecified atom stereocenters. The summed E-state index contributed by atoms with van der Waals surface area (Å²) in [6.45, 7) is 1.80. The van der Waals surface area contributed by atoms with E-state index in [-0.39, 0.29) is 36.5 Å². The molecule has 0 aromatic heterocycles. The zero-order chi connectivity index (χ0) is 18.8. The van der Waals surface area contributed by atoms with Crippen LogP contribution in [0.5, 0.6) is 0 Å². The van der Waals surface area contributed by atoms with Crippen LogP contribution in [0.15, 0.2) is 18.2 Å². The quantitative estimate of drug-likeness (QED) is 0.846. The van der Waals surface area contributed by atoms with Crippen molar-refractivity contribution in [1.82, 2.24) is 5.32 Å². The van der Waals surface area contributed by atoms with Crippen LogP contribution in [-0.2, 0) is 15.8 Å². The third-order valence-electron chi connectivity index (χ3n) is 3.90. The number of hydrogen-bond donors (Lipinski definition) is 2. The number of hydrogen-bond acceptors (Lipinski definition) is 3. The van der Waals surface area contributed by atoms with Crippen molar-refractivity contribution >= 4 is 23.5 Å². The third-order valence-corrected chi connectivity index (χ3v) is 3.90. The van der Waals surface area contributed by atoms with Crippen LogP contribution in [-0.4, -0.2) is 35.5 Å². The lowest BCUT2D eigenvalue weighted by Crippen LogP contribution is -2.40. The average Bonchev–Trinajstić information content (AvgIpc) is 2.96. The largest absolute Gasteiger partial charge is 0.480 e. The van der Waals surface area contributed by atoms with Gasteiger partial charge in [-0.25, -0.2) is 4.79 Å². The molecule has 0 spiro atoms. The second-order valence-corrected chi connectivity index (χ2v) is 5.69. The summed E-state index contributed by atoms with van der Waals surface area (Å²) >= 11 is 0. The molecule has 1 fully saturated rings. The number of carbonyl (C=O) groups is 3. The molecule has 1 heterocycles. The maximum atomic E-state index is 13.1. The Balaban J connectivity index is 2.41. The van der Waals surface area contributed by atoms with Crippen LogP contribution in [0.25, 0.3) is 0 Å². The minimum Gasteiger partial charge on any atom is -0.480 e. The maximum absolute atomic E-state index is 13.1. The predicted molar refractivity (Wildman–Crippen MR) is 82.2 cm³/mol. The molecule has 1 saturated heterocycles. The number of alkyl halides is 3. The summed E-state index contributed by atoms with van der Waals surface area (Å²) in [7, 11) is 0. The van der Waals surface area contributed by atoms with Crippen molar-refractivity contribution in [2.75, 3.05) is 11.4 Å². The highest BCUT2D eigenvalue weighted by Crippen LogP contribution is 2.34. The summed E-state index contributed by atoms with van der Waals surface area (Å²) in [6, 6.07) is 1.42. The van der Waals surface area contributed by atoms with Gasteiger partial charge in [-0.05, 0) is 31.0 Å². The number of nitrogens with one attached hydrogen (secondary N) is 1. The van der Waals surface area contributed by atoms with Gasteiger partial charge in [0.05, 0.1) is 5.56 Å². The lowest BCUT2D eigenvalue weighted by Gasteiger charge is -2.20. The molecule has 25 heavy (non-hydrogen) atoms.